The van der Waals surface area contributed by atoms with Gasteiger partial charge in [-0.25, -0.2) is 4.39 Å². The fourth-order valence-corrected chi connectivity index (χ4v) is 4.36. The topological polar surface area (TPSA) is 80.0 Å². The Bertz CT molecular complexity index is 1490. The molecule has 5 rings (SSSR count). The zero-order valence-corrected chi connectivity index (χ0v) is 18.4. The maximum absolute atomic E-state index is 14.1. The van der Waals surface area contributed by atoms with Gasteiger partial charge in [-0.3, -0.25) is 14.5 Å². The van der Waals surface area contributed by atoms with Crippen molar-refractivity contribution in [3.05, 3.63) is 107 Å². The third kappa shape index (κ3) is 3.33. The number of aliphatic hydroxyl groups excluding tert-OH is 1. The Morgan fingerprint density at radius 1 is 1.06 bits per heavy atom. The third-order valence-corrected chi connectivity index (χ3v) is 5.97. The van der Waals surface area contributed by atoms with Crippen LogP contribution in [0.25, 0.3) is 11.0 Å². The van der Waals surface area contributed by atoms with Gasteiger partial charge in [0.2, 0.25) is 5.78 Å². The van der Waals surface area contributed by atoms with Gasteiger partial charge < -0.3 is 14.3 Å². The first kappa shape index (κ1) is 21.5. The van der Waals surface area contributed by atoms with Crippen molar-refractivity contribution in [3.8, 4) is 5.75 Å². The van der Waals surface area contributed by atoms with Gasteiger partial charge in [-0.2, -0.15) is 0 Å². The number of methoxy groups -OCH3 is 1. The lowest BCUT2D eigenvalue weighted by Gasteiger charge is -2.27. The number of Topliss-reactive ketones (excluding diaryl/α,β-unsaturated/α-hetero) is 1. The van der Waals surface area contributed by atoms with Crippen molar-refractivity contribution in [1.29, 1.82) is 0 Å². The van der Waals surface area contributed by atoms with Gasteiger partial charge in [-0.05, 0) is 48.4 Å². The van der Waals surface area contributed by atoms with Crippen LogP contribution in [0.15, 0.2) is 88.5 Å². The smallest absolute Gasteiger partial charge is 0.294 e. The predicted molar refractivity (Wildman–Crippen MR) is 125 cm³/mol. The molecule has 1 aliphatic rings. The van der Waals surface area contributed by atoms with E-state index in [0.29, 0.717) is 22.3 Å². The van der Waals surface area contributed by atoms with Gasteiger partial charge >= 0.3 is 0 Å². The van der Waals surface area contributed by atoms with Gasteiger partial charge in [0.25, 0.3) is 5.91 Å². The standard InChI is InChI=1S/C27H20FNO5/c1-15-7-3-4-11-19(15)23-22(25(31)27(32)29(23)18-10-6-9-17(28)14-18)24(30)21-13-16-8-5-12-20(33-2)26(16)34-21/h3-14,23,31H,1-2H3. The number of ketones is 1. The fourth-order valence-electron chi connectivity index (χ4n) is 4.36. The molecule has 0 fully saturated rings. The van der Waals surface area contributed by atoms with Crippen molar-refractivity contribution in [3.63, 3.8) is 0 Å². The average Bonchev–Trinajstić information content (AvgIpc) is 3.38. The molecule has 4 aromatic rings. The average molecular weight is 457 g/mol. The number of furan rings is 1. The lowest BCUT2D eigenvalue weighted by Crippen LogP contribution is -2.31. The Morgan fingerprint density at radius 3 is 2.56 bits per heavy atom. The van der Waals surface area contributed by atoms with Gasteiger partial charge in [0, 0.05) is 11.1 Å². The molecule has 7 heteroatoms. The second-order valence-electron chi connectivity index (χ2n) is 7.99. The van der Waals surface area contributed by atoms with Crippen molar-refractivity contribution in [2.45, 2.75) is 13.0 Å². The molecule has 1 atom stereocenters. The first-order chi connectivity index (χ1) is 16.4. The number of rotatable bonds is 5. The number of aryl methyl sites for hydroxylation is 1. The van der Waals surface area contributed by atoms with E-state index in [-0.39, 0.29) is 17.0 Å². The molecule has 1 aromatic heterocycles. The van der Waals surface area contributed by atoms with Crippen LogP contribution in [0.3, 0.4) is 0 Å². The molecule has 1 amide bonds. The maximum atomic E-state index is 14.1. The zero-order valence-electron chi connectivity index (χ0n) is 18.4. The number of hydrogen-bond acceptors (Lipinski definition) is 5. The summed E-state index contributed by atoms with van der Waals surface area (Å²) in [5, 5.41) is 11.5. The molecule has 3 aromatic carbocycles. The molecular weight excluding hydrogens is 437 g/mol. The Balaban J connectivity index is 1.69. The van der Waals surface area contributed by atoms with E-state index in [1.807, 2.05) is 19.1 Å². The number of fused-ring (bicyclic) bond motifs is 1. The molecule has 0 saturated heterocycles. The number of hydrogen-bond donors (Lipinski definition) is 1. The van der Waals surface area contributed by atoms with Gasteiger partial charge in [-0.15, -0.1) is 0 Å². The first-order valence-electron chi connectivity index (χ1n) is 10.6. The first-order valence-corrected chi connectivity index (χ1v) is 10.6. The quantitative estimate of drug-likeness (QED) is 0.391. The van der Waals surface area contributed by atoms with Crippen molar-refractivity contribution in [2.24, 2.45) is 0 Å². The molecule has 0 spiro atoms. The van der Waals surface area contributed by atoms with Crippen LogP contribution in [0.4, 0.5) is 10.1 Å². The minimum atomic E-state index is -0.974. The fraction of sp³-hybridized carbons (Fsp3) is 0.111. The van der Waals surface area contributed by atoms with E-state index in [1.54, 1.807) is 42.5 Å². The van der Waals surface area contributed by atoms with Crippen molar-refractivity contribution >= 4 is 28.3 Å². The number of carbonyl (C=O) groups excluding carboxylic acids is 2. The number of amides is 1. The van der Waals surface area contributed by atoms with Crippen LogP contribution in [0.1, 0.15) is 27.7 Å². The Hall–Kier alpha value is -4.39. The molecule has 1 N–H and O–H groups in total. The normalized spacial score (nSPS) is 15.9. The molecule has 2 heterocycles. The van der Waals surface area contributed by atoms with Crippen LogP contribution < -0.4 is 9.64 Å². The highest BCUT2D eigenvalue weighted by molar-refractivity contribution is 6.20. The molecule has 0 aliphatic carbocycles. The zero-order chi connectivity index (χ0) is 24.0. The minimum absolute atomic E-state index is 0.0477. The molecule has 6 nitrogen and oxygen atoms in total. The molecule has 34 heavy (non-hydrogen) atoms. The molecule has 1 unspecified atom stereocenters. The van der Waals surface area contributed by atoms with Crippen molar-refractivity contribution in [1.82, 2.24) is 0 Å². The monoisotopic (exact) mass is 457 g/mol. The number of aliphatic hydroxyl groups is 1. The summed E-state index contributed by atoms with van der Waals surface area (Å²) in [5.74, 6) is -2.28. The largest absolute Gasteiger partial charge is 0.503 e. The van der Waals surface area contributed by atoms with E-state index >= 15 is 0 Å². The minimum Gasteiger partial charge on any atom is -0.503 e. The molecule has 0 saturated carbocycles. The van der Waals surface area contributed by atoms with E-state index < -0.39 is 29.3 Å². The number of anilines is 1. The number of benzene rings is 3. The highest BCUT2D eigenvalue weighted by Crippen LogP contribution is 2.43. The summed E-state index contributed by atoms with van der Waals surface area (Å²) in [6.07, 6.45) is 0. The summed E-state index contributed by atoms with van der Waals surface area (Å²) in [5.41, 5.74) is 1.89. The van der Waals surface area contributed by atoms with E-state index in [1.165, 1.54) is 30.2 Å². The lowest BCUT2D eigenvalue weighted by atomic mass is 9.92. The highest BCUT2D eigenvalue weighted by atomic mass is 19.1. The van der Waals surface area contributed by atoms with Crippen LogP contribution in [0, 0.1) is 12.7 Å². The van der Waals surface area contributed by atoms with E-state index in [0.717, 1.165) is 5.56 Å². The number of nitrogens with zero attached hydrogens (tertiary/aromatic N) is 1. The summed E-state index contributed by atoms with van der Waals surface area (Å²) in [7, 11) is 1.49. The molecule has 0 bridgehead atoms. The molecule has 0 radical (unpaired) electrons. The summed E-state index contributed by atoms with van der Waals surface area (Å²) in [6.45, 7) is 1.84. The van der Waals surface area contributed by atoms with Crippen LogP contribution in [-0.4, -0.2) is 23.9 Å². The summed E-state index contributed by atoms with van der Waals surface area (Å²) >= 11 is 0. The second kappa shape index (κ2) is 8.19. The Labute approximate surface area is 194 Å². The molecule has 170 valence electrons. The summed E-state index contributed by atoms with van der Waals surface area (Å²) in [4.78, 5) is 28.2. The highest BCUT2D eigenvalue weighted by Gasteiger charge is 2.46. The van der Waals surface area contributed by atoms with Crippen LogP contribution in [0.5, 0.6) is 5.75 Å². The molecular formula is C27H20FNO5. The maximum Gasteiger partial charge on any atom is 0.294 e. The van der Waals surface area contributed by atoms with Gasteiger partial charge in [0.05, 0.1) is 18.7 Å². The second-order valence-corrected chi connectivity index (χ2v) is 7.99. The van der Waals surface area contributed by atoms with Gasteiger partial charge in [0.1, 0.15) is 5.82 Å². The van der Waals surface area contributed by atoms with Crippen LogP contribution in [-0.2, 0) is 4.79 Å². The van der Waals surface area contributed by atoms with Gasteiger partial charge in [0.15, 0.2) is 22.9 Å². The van der Waals surface area contributed by atoms with E-state index in [4.69, 9.17) is 9.15 Å². The van der Waals surface area contributed by atoms with Gasteiger partial charge in [-0.1, -0.05) is 42.5 Å². The van der Waals surface area contributed by atoms with Crippen LogP contribution in [0.2, 0.25) is 0 Å². The van der Waals surface area contributed by atoms with Crippen molar-refractivity contribution in [2.75, 3.05) is 12.0 Å². The van der Waals surface area contributed by atoms with Crippen LogP contribution >= 0.6 is 0 Å². The van der Waals surface area contributed by atoms with E-state index in [2.05, 4.69) is 0 Å². The number of carbonyl (C=O) groups is 2. The molecule has 1 aliphatic heterocycles. The SMILES string of the molecule is COc1cccc2cc(C(=O)C3=C(O)C(=O)N(c4cccc(F)c4)C3c3ccccc3C)oc12. The third-order valence-electron chi connectivity index (χ3n) is 5.97. The van der Waals surface area contributed by atoms with E-state index in [9.17, 15) is 19.1 Å². The Morgan fingerprint density at radius 2 is 1.82 bits per heavy atom. The summed E-state index contributed by atoms with van der Waals surface area (Å²) < 4.78 is 25.2. The Kier molecular flexibility index (Phi) is 5.17. The predicted octanol–water partition coefficient (Wildman–Crippen LogP) is 5.67. The number of para-hydroxylation sites is 1. The number of halogens is 1. The lowest BCUT2D eigenvalue weighted by molar-refractivity contribution is -0.117. The number of ether oxygens (including phenoxy) is 1. The van der Waals surface area contributed by atoms with Crippen molar-refractivity contribution < 1.29 is 28.2 Å². The summed E-state index contributed by atoms with van der Waals surface area (Å²) in [6, 6.07) is 18.5.